The number of hydrogen-bond acceptors (Lipinski definition) is 2. The Bertz CT molecular complexity index is 758. The smallest absolute Gasteiger partial charge is 0.252 e. The number of hydrogen-bond donors (Lipinski definition) is 2. The Labute approximate surface area is 136 Å². The molecule has 2 rings (SSSR count). The van der Waals surface area contributed by atoms with Crippen LogP contribution >= 0.6 is 15.9 Å². The summed E-state index contributed by atoms with van der Waals surface area (Å²) in [6.45, 7) is 0.239. The predicted octanol–water partition coefficient (Wildman–Crippen LogP) is 2.33. The highest BCUT2D eigenvalue weighted by Crippen LogP contribution is 2.11. The number of primary amides is 1. The van der Waals surface area contributed by atoms with Crippen LogP contribution in [0.2, 0.25) is 0 Å². The van der Waals surface area contributed by atoms with Crippen LogP contribution in [0.25, 0.3) is 0 Å². The van der Waals surface area contributed by atoms with E-state index in [1.807, 2.05) is 6.07 Å². The number of nitrogens with two attached hydrogens (primary N) is 1. The zero-order chi connectivity index (χ0) is 15.9. The Kier molecular flexibility index (Phi) is 5.34. The minimum Gasteiger partial charge on any atom is -0.366 e. The Morgan fingerprint density at radius 3 is 2.45 bits per heavy atom. The van der Waals surface area contributed by atoms with Gasteiger partial charge in [-0.2, -0.15) is 0 Å². The van der Waals surface area contributed by atoms with Crippen molar-refractivity contribution in [1.29, 1.82) is 0 Å². The van der Waals surface area contributed by atoms with Gasteiger partial charge in [0.2, 0.25) is 5.91 Å². The van der Waals surface area contributed by atoms with Crippen LogP contribution in [0.15, 0.2) is 53.0 Å². The zero-order valence-electron chi connectivity index (χ0n) is 11.6. The first-order valence-corrected chi connectivity index (χ1v) is 7.28. The lowest BCUT2D eigenvalue weighted by Crippen LogP contribution is -2.23. The molecule has 0 radical (unpaired) electrons. The number of carbonyl (C=O) groups excluding carboxylic acids is 2. The van der Waals surface area contributed by atoms with E-state index >= 15 is 0 Å². The van der Waals surface area contributed by atoms with Gasteiger partial charge in [-0.25, -0.2) is 0 Å². The molecule has 2 aromatic carbocycles. The van der Waals surface area contributed by atoms with Crippen molar-refractivity contribution < 1.29 is 9.59 Å². The molecule has 0 aliphatic rings. The monoisotopic (exact) mass is 356 g/mol. The van der Waals surface area contributed by atoms with Gasteiger partial charge in [0.1, 0.15) is 0 Å². The fourth-order valence-electron chi connectivity index (χ4n) is 1.72. The Balaban J connectivity index is 1.91. The first-order chi connectivity index (χ1) is 10.6. The highest BCUT2D eigenvalue weighted by molar-refractivity contribution is 9.10. The van der Waals surface area contributed by atoms with Gasteiger partial charge in [-0.15, -0.1) is 0 Å². The van der Waals surface area contributed by atoms with Crippen molar-refractivity contribution in [2.75, 3.05) is 6.54 Å². The van der Waals surface area contributed by atoms with E-state index in [2.05, 4.69) is 33.1 Å². The van der Waals surface area contributed by atoms with Crippen molar-refractivity contribution in [2.45, 2.75) is 0 Å². The standard InChI is InChI=1S/C17H13BrN2O2/c18-15-5-1-4-14(11-15)17(22)20-10-2-3-12-6-8-13(9-7-12)16(19)21/h1,4-9,11H,10H2,(H2,19,21)(H,20,22). The molecule has 0 atom stereocenters. The molecule has 2 amide bonds. The van der Waals surface area contributed by atoms with E-state index in [0.29, 0.717) is 11.1 Å². The molecule has 22 heavy (non-hydrogen) atoms. The van der Waals surface area contributed by atoms with Crippen molar-refractivity contribution in [1.82, 2.24) is 5.32 Å². The highest BCUT2D eigenvalue weighted by Gasteiger charge is 2.03. The second-order valence-electron chi connectivity index (χ2n) is 4.44. The van der Waals surface area contributed by atoms with Crippen LogP contribution in [-0.4, -0.2) is 18.4 Å². The van der Waals surface area contributed by atoms with Gasteiger partial charge >= 0.3 is 0 Å². The van der Waals surface area contributed by atoms with Crippen molar-refractivity contribution in [3.05, 3.63) is 69.7 Å². The molecule has 3 N–H and O–H groups in total. The van der Waals surface area contributed by atoms with Gasteiger partial charge < -0.3 is 11.1 Å². The fraction of sp³-hybridized carbons (Fsp3) is 0.0588. The normalized spacial score (nSPS) is 9.50. The number of carbonyl (C=O) groups is 2. The third-order valence-electron chi connectivity index (χ3n) is 2.83. The van der Waals surface area contributed by atoms with Gasteiger partial charge in [-0.3, -0.25) is 9.59 Å². The maximum Gasteiger partial charge on any atom is 0.252 e. The van der Waals surface area contributed by atoms with Crippen LogP contribution in [0.5, 0.6) is 0 Å². The maximum atomic E-state index is 11.9. The average Bonchev–Trinajstić information content (AvgIpc) is 2.51. The molecule has 0 aromatic heterocycles. The van der Waals surface area contributed by atoms with Gasteiger partial charge in [0.15, 0.2) is 0 Å². The molecule has 0 aliphatic carbocycles. The van der Waals surface area contributed by atoms with Crippen LogP contribution in [0.4, 0.5) is 0 Å². The molecule has 110 valence electrons. The molecule has 2 aromatic rings. The van der Waals surface area contributed by atoms with E-state index in [1.54, 1.807) is 42.5 Å². The summed E-state index contributed by atoms with van der Waals surface area (Å²) in [5, 5.41) is 2.72. The summed E-state index contributed by atoms with van der Waals surface area (Å²) in [5.41, 5.74) is 6.92. The molecule has 0 heterocycles. The fourth-order valence-corrected chi connectivity index (χ4v) is 2.12. The Hall–Kier alpha value is -2.58. The number of benzene rings is 2. The topological polar surface area (TPSA) is 72.2 Å². The lowest BCUT2D eigenvalue weighted by Gasteiger charge is -2.01. The molecule has 0 fully saturated rings. The first-order valence-electron chi connectivity index (χ1n) is 6.49. The summed E-state index contributed by atoms with van der Waals surface area (Å²) < 4.78 is 0.848. The predicted molar refractivity (Wildman–Crippen MR) is 88.3 cm³/mol. The van der Waals surface area contributed by atoms with Gasteiger partial charge in [0.25, 0.3) is 5.91 Å². The van der Waals surface area contributed by atoms with Crippen LogP contribution in [0, 0.1) is 11.8 Å². The second-order valence-corrected chi connectivity index (χ2v) is 5.35. The molecule has 0 saturated carbocycles. The van der Waals surface area contributed by atoms with Crippen molar-refractivity contribution >= 4 is 27.7 Å². The molecular weight excluding hydrogens is 344 g/mol. The lowest BCUT2D eigenvalue weighted by atomic mass is 10.1. The van der Waals surface area contributed by atoms with Crippen LogP contribution in [0.1, 0.15) is 26.3 Å². The number of nitrogens with one attached hydrogen (secondary N) is 1. The second kappa shape index (κ2) is 7.43. The third kappa shape index (κ3) is 4.47. The summed E-state index contributed by atoms with van der Waals surface area (Å²) in [7, 11) is 0. The van der Waals surface area contributed by atoms with E-state index in [9.17, 15) is 9.59 Å². The summed E-state index contributed by atoms with van der Waals surface area (Å²) in [6.07, 6.45) is 0. The molecule has 5 heteroatoms. The van der Waals surface area contributed by atoms with Crippen LogP contribution in [0.3, 0.4) is 0 Å². The Morgan fingerprint density at radius 2 is 1.82 bits per heavy atom. The average molecular weight is 357 g/mol. The van der Waals surface area contributed by atoms with E-state index in [4.69, 9.17) is 5.73 Å². The minimum atomic E-state index is -0.471. The van der Waals surface area contributed by atoms with Crippen molar-refractivity contribution in [2.24, 2.45) is 5.73 Å². The Morgan fingerprint density at radius 1 is 1.09 bits per heavy atom. The van der Waals surface area contributed by atoms with E-state index in [0.717, 1.165) is 10.0 Å². The first kappa shape index (κ1) is 15.8. The van der Waals surface area contributed by atoms with Gasteiger partial charge in [0, 0.05) is 21.2 Å². The molecular formula is C17H13BrN2O2. The lowest BCUT2D eigenvalue weighted by molar-refractivity contribution is 0.0957. The SMILES string of the molecule is NC(=O)c1ccc(C#CCNC(=O)c2cccc(Br)c2)cc1. The van der Waals surface area contributed by atoms with Crippen molar-refractivity contribution in [3.63, 3.8) is 0 Å². The molecule has 0 aliphatic heterocycles. The quantitative estimate of drug-likeness (QED) is 0.828. The van der Waals surface area contributed by atoms with E-state index in [1.165, 1.54) is 0 Å². The maximum absolute atomic E-state index is 11.9. The molecule has 0 unspecified atom stereocenters. The van der Waals surface area contributed by atoms with Crippen LogP contribution < -0.4 is 11.1 Å². The summed E-state index contributed by atoms with van der Waals surface area (Å²) in [6, 6.07) is 13.8. The number of halogens is 1. The van der Waals surface area contributed by atoms with E-state index < -0.39 is 5.91 Å². The third-order valence-corrected chi connectivity index (χ3v) is 3.32. The zero-order valence-corrected chi connectivity index (χ0v) is 13.2. The van der Waals surface area contributed by atoms with Crippen molar-refractivity contribution in [3.8, 4) is 11.8 Å². The van der Waals surface area contributed by atoms with E-state index in [-0.39, 0.29) is 12.5 Å². The largest absolute Gasteiger partial charge is 0.366 e. The van der Waals surface area contributed by atoms with Gasteiger partial charge in [-0.05, 0) is 42.5 Å². The summed E-state index contributed by atoms with van der Waals surface area (Å²) >= 11 is 3.32. The summed E-state index contributed by atoms with van der Waals surface area (Å²) in [4.78, 5) is 22.8. The highest BCUT2D eigenvalue weighted by atomic mass is 79.9. The van der Waals surface area contributed by atoms with Gasteiger partial charge in [0.05, 0.1) is 6.54 Å². The molecule has 0 bridgehead atoms. The van der Waals surface area contributed by atoms with Gasteiger partial charge in [-0.1, -0.05) is 33.8 Å². The molecule has 0 spiro atoms. The summed E-state index contributed by atoms with van der Waals surface area (Å²) in [5.74, 6) is 5.11. The minimum absolute atomic E-state index is 0.181. The number of rotatable bonds is 3. The molecule has 4 nitrogen and oxygen atoms in total. The number of amides is 2. The van der Waals surface area contributed by atoms with Crippen LogP contribution in [-0.2, 0) is 0 Å². The molecule has 0 saturated heterocycles.